The summed E-state index contributed by atoms with van der Waals surface area (Å²) in [6, 6.07) is 0.374. The second kappa shape index (κ2) is 4.88. The molecule has 0 amide bonds. The predicted octanol–water partition coefficient (Wildman–Crippen LogP) is 2.42. The summed E-state index contributed by atoms with van der Waals surface area (Å²) in [6.07, 6.45) is 12.9. The van der Waals surface area contributed by atoms with Gasteiger partial charge in [-0.3, -0.25) is 0 Å². The fraction of sp³-hybridized carbons (Fsp3) is 0.200. The Morgan fingerprint density at radius 3 is 3.00 bits per heavy atom. The minimum absolute atomic E-state index is 0.374. The molecule has 0 aromatic heterocycles. The standard InChI is InChI=1S/C10H13NS/c1-2-6-10(12)11-9-7-4-3-5-8-9/h2-7,9,11-12H,1,8H2/b10-6-. The normalized spacial score (nSPS) is 22.4. The number of hydrogen-bond acceptors (Lipinski definition) is 2. The molecule has 0 aromatic rings. The highest BCUT2D eigenvalue weighted by atomic mass is 32.1. The highest BCUT2D eigenvalue weighted by Crippen LogP contribution is 2.06. The van der Waals surface area contributed by atoms with Gasteiger partial charge < -0.3 is 5.32 Å². The van der Waals surface area contributed by atoms with E-state index >= 15 is 0 Å². The summed E-state index contributed by atoms with van der Waals surface area (Å²) in [5.74, 6) is 0. The molecular formula is C10H13NS. The van der Waals surface area contributed by atoms with E-state index in [1.54, 1.807) is 6.08 Å². The van der Waals surface area contributed by atoms with Gasteiger partial charge in [0.2, 0.25) is 0 Å². The number of rotatable bonds is 3. The molecule has 1 unspecified atom stereocenters. The van der Waals surface area contributed by atoms with Crippen molar-refractivity contribution in [1.29, 1.82) is 0 Å². The quantitative estimate of drug-likeness (QED) is 0.501. The number of allylic oxidation sites excluding steroid dienone is 4. The van der Waals surface area contributed by atoms with E-state index in [9.17, 15) is 0 Å². The van der Waals surface area contributed by atoms with Crippen LogP contribution >= 0.6 is 12.6 Å². The van der Waals surface area contributed by atoms with E-state index in [0.717, 1.165) is 11.4 Å². The minimum Gasteiger partial charge on any atom is -0.374 e. The first-order valence-electron chi connectivity index (χ1n) is 3.94. The maximum atomic E-state index is 4.24. The van der Waals surface area contributed by atoms with Crippen LogP contribution in [0.25, 0.3) is 0 Å². The number of thiol groups is 1. The van der Waals surface area contributed by atoms with Crippen LogP contribution in [0.3, 0.4) is 0 Å². The van der Waals surface area contributed by atoms with E-state index in [1.165, 1.54) is 0 Å². The molecule has 0 saturated heterocycles. The molecule has 64 valence electrons. The number of hydrogen-bond donors (Lipinski definition) is 2. The Hall–Kier alpha value is -0.890. The molecule has 1 rings (SSSR count). The topological polar surface area (TPSA) is 12.0 Å². The fourth-order valence-electron chi connectivity index (χ4n) is 1.04. The van der Waals surface area contributed by atoms with Crippen molar-refractivity contribution >= 4 is 12.6 Å². The smallest absolute Gasteiger partial charge is 0.0654 e. The van der Waals surface area contributed by atoms with Crippen molar-refractivity contribution in [2.45, 2.75) is 12.5 Å². The highest BCUT2D eigenvalue weighted by Gasteiger charge is 2.03. The lowest BCUT2D eigenvalue weighted by molar-refractivity contribution is 0.698. The summed E-state index contributed by atoms with van der Waals surface area (Å²) in [6.45, 7) is 3.60. The predicted molar refractivity (Wildman–Crippen MR) is 57.1 cm³/mol. The van der Waals surface area contributed by atoms with Gasteiger partial charge in [0.15, 0.2) is 0 Å². The molecule has 0 aliphatic heterocycles. The molecule has 12 heavy (non-hydrogen) atoms. The zero-order valence-corrected chi connectivity index (χ0v) is 7.80. The van der Waals surface area contributed by atoms with E-state index in [2.05, 4.69) is 36.7 Å². The molecule has 1 nitrogen and oxygen atoms in total. The third-order valence-electron chi connectivity index (χ3n) is 1.59. The van der Waals surface area contributed by atoms with Crippen LogP contribution in [0.1, 0.15) is 6.42 Å². The Morgan fingerprint density at radius 1 is 1.58 bits per heavy atom. The van der Waals surface area contributed by atoms with Crippen LogP contribution in [0.2, 0.25) is 0 Å². The van der Waals surface area contributed by atoms with Gasteiger partial charge in [-0.25, -0.2) is 0 Å². The van der Waals surface area contributed by atoms with Gasteiger partial charge in [-0.05, 0) is 12.5 Å². The van der Waals surface area contributed by atoms with Crippen molar-refractivity contribution in [3.05, 3.63) is 48.1 Å². The SMILES string of the molecule is C=C/C=C(\S)NC1C=CC=CC1. The van der Waals surface area contributed by atoms with Crippen molar-refractivity contribution in [3.8, 4) is 0 Å². The van der Waals surface area contributed by atoms with Crippen molar-refractivity contribution in [3.63, 3.8) is 0 Å². The molecule has 0 radical (unpaired) electrons. The molecule has 0 bridgehead atoms. The van der Waals surface area contributed by atoms with Crippen LogP contribution < -0.4 is 5.32 Å². The van der Waals surface area contributed by atoms with Crippen LogP contribution in [-0.4, -0.2) is 6.04 Å². The lowest BCUT2D eigenvalue weighted by Gasteiger charge is -2.15. The molecule has 0 spiro atoms. The molecule has 0 aromatic carbocycles. The Bertz CT molecular complexity index is 238. The van der Waals surface area contributed by atoms with Gasteiger partial charge in [0.05, 0.1) is 5.03 Å². The summed E-state index contributed by atoms with van der Waals surface area (Å²) >= 11 is 4.24. The molecule has 2 heteroatoms. The van der Waals surface area contributed by atoms with Gasteiger partial charge in [0.1, 0.15) is 0 Å². The second-order valence-electron chi connectivity index (χ2n) is 2.59. The van der Waals surface area contributed by atoms with Gasteiger partial charge in [-0.15, -0.1) is 12.6 Å². The third kappa shape index (κ3) is 3.01. The summed E-state index contributed by atoms with van der Waals surface area (Å²) in [5, 5.41) is 4.09. The Morgan fingerprint density at radius 2 is 2.42 bits per heavy atom. The fourth-order valence-corrected chi connectivity index (χ4v) is 1.31. The molecule has 0 heterocycles. The van der Waals surface area contributed by atoms with Gasteiger partial charge >= 0.3 is 0 Å². The Labute approximate surface area is 79.0 Å². The first-order chi connectivity index (χ1) is 5.83. The molecule has 1 aliphatic rings. The third-order valence-corrected chi connectivity index (χ3v) is 1.87. The lowest BCUT2D eigenvalue weighted by atomic mass is 10.1. The second-order valence-corrected chi connectivity index (χ2v) is 3.07. The van der Waals surface area contributed by atoms with Crippen LogP contribution in [-0.2, 0) is 0 Å². The van der Waals surface area contributed by atoms with Crippen molar-refractivity contribution in [2.75, 3.05) is 0 Å². The monoisotopic (exact) mass is 179 g/mol. The van der Waals surface area contributed by atoms with Crippen molar-refractivity contribution in [1.82, 2.24) is 5.32 Å². The zero-order valence-electron chi connectivity index (χ0n) is 6.90. The first-order valence-corrected chi connectivity index (χ1v) is 4.39. The molecular weight excluding hydrogens is 166 g/mol. The van der Waals surface area contributed by atoms with Crippen LogP contribution in [0, 0.1) is 0 Å². The van der Waals surface area contributed by atoms with E-state index in [4.69, 9.17) is 0 Å². The van der Waals surface area contributed by atoms with Crippen molar-refractivity contribution in [2.24, 2.45) is 0 Å². The average Bonchev–Trinajstić information content (AvgIpc) is 2.06. The van der Waals surface area contributed by atoms with Crippen LogP contribution in [0.4, 0.5) is 0 Å². The van der Waals surface area contributed by atoms with Gasteiger partial charge in [0.25, 0.3) is 0 Å². The molecule has 0 saturated carbocycles. The summed E-state index contributed by atoms with van der Waals surface area (Å²) < 4.78 is 0. The first kappa shape index (κ1) is 9.20. The van der Waals surface area contributed by atoms with Gasteiger partial charge in [-0.1, -0.05) is 37.0 Å². The summed E-state index contributed by atoms with van der Waals surface area (Å²) in [4.78, 5) is 0. The molecule has 1 atom stereocenters. The maximum absolute atomic E-state index is 4.24. The van der Waals surface area contributed by atoms with Gasteiger partial charge in [-0.2, -0.15) is 0 Å². The van der Waals surface area contributed by atoms with Crippen LogP contribution in [0.5, 0.6) is 0 Å². The molecule has 1 aliphatic carbocycles. The summed E-state index contributed by atoms with van der Waals surface area (Å²) in [7, 11) is 0. The minimum atomic E-state index is 0.374. The molecule has 0 fully saturated rings. The summed E-state index contributed by atoms with van der Waals surface area (Å²) in [5.41, 5.74) is 0. The van der Waals surface area contributed by atoms with E-state index in [1.807, 2.05) is 18.2 Å². The lowest BCUT2D eigenvalue weighted by Crippen LogP contribution is -2.24. The Kier molecular flexibility index (Phi) is 3.74. The van der Waals surface area contributed by atoms with E-state index in [0.29, 0.717) is 6.04 Å². The van der Waals surface area contributed by atoms with Gasteiger partial charge in [0, 0.05) is 6.04 Å². The maximum Gasteiger partial charge on any atom is 0.0654 e. The van der Waals surface area contributed by atoms with E-state index < -0.39 is 0 Å². The van der Waals surface area contributed by atoms with Crippen LogP contribution in [0.15, 0.2) is 48.1 Å². The Balaban J connectivity index is 2.41. The number of nitrogens with one attached hydrogen (secondary N) is 1. The molecule has 1 N–H and O–H groups in total. The highest BCUT2D eigenvalue weighted by molar-refractivity contribution is 7.84. The largest absolute Gasteiger partial charge is 0.374 e. The average molecular weight is 179 g/mol. The van der Waals surface area contributed by atoms with E-state index in [-0.39, 0.29) is 0 Å². The van der Waals surface area contributed by atoms with Crippen molar-refractivity contribution < 1.29 is 0 Å². The zero-order chi connectivity index (χ0) is 8.81.